The van der Waals surface area contributed by atoms with Gasteiger partial charge in [-0.1, -0.05) is 0 Å². The normalized spacial score (nSPS) is 34.2. The Morgan fingerprint density at radius 2 is 1.77 bits per heavy atom. The number of β-amino-alcohol motifs (C(OH)–C–C–N with tert-alkyl or cyclic N) is 1. The summed E-state index contributed by atoms with van der Waals surface area (Å²) in [7, 11) is 0. The summed E-state index contributed by atoms with van der Waals surface area (Å²) in [5, 5.41) is 19.9. The van der Waals surface area contributed by atoms with E-state index in [1.54, 1.807) is 0 Å². The molecule has 0 amide bonds. The van der Waals surface area contributed by atoms with E-state index in [0.717, 1.165) is 26.2 Å². The van der Waals surface area contributed by atoms with E-state index in [9.17, 15) is 15.2 Å². The average Bonchev–Trinajstić information content (AvgIpc) is 3.16. The van der Waals surface area contributed by atoms with Gasteiger partial charge in [-0.3, -0.25) is 9.80 Å². The van der Waals surface area contributed by atoms with Crippen molar-refractivity contribution in [2.75, 3.05) is 52.5 Å². The molecule has 26 heavy (non-hydrogen) atoms. The molecule has 0 aromatic carbocycles. The van der Waals surface area contributed by atoms with Crippen LogP contribution >= 0.6 is 0 Å². The zero-order chi connectivity index (χ0) is 18.7. The standard InChI is InChI=1S/C16H29N3O7/c1-11(2)18-5-3-17(4-6-18)7-12(20)8-23-13-9-24-16-14(26-19(21)22)10-25-15(13)16/h11-16,20H,3-10H2,1-2H3/t12?,13-,14+,15+,16+/m0/s1. The largest absolute Gasteiger partial charge is 0.389 e. The fourth-order valence-electron chi connectivity index (χ4n) is 3.82. The Balaban J connectivity index is 1.36. The van der Waals surface area contributed by atoms with Crippen molar-refractivity contribution in [3.8, 4) is 0 Å². The van der Waals surface area contributed by atoms with Crippen molar-refractivity contribution in [1.82, 2.24) is 9.80 Å². The van der Waals surface area contributed by atoms with Crippen LogP contribution in [0.3, 0.4) is 0 Å². The number of piperazine rings is 1. The lowest BCUT2D eigenvalue weighted by Crippen LogP contribution is -2.51. The number of aliphatic hydroxyl groups is 1. The predicted octanol–water partition coefficient (Wildman–Crippen LogP) is -0.867. The van der Waals surface area contributed by atoms with Gasteiger partial charge in [0.05, 0.1) is 25.9 Å². The van der Waals surface area contributed by atoms with Crippen LogP contribution in [0.25, 0.3) is 0 Å². The summed E-state index contributed by atoms with van der Waals surface area (Å²) in [6.07, 6.45) is -2.53. The Labute approximate surface area is 153 Å². The molecule has 3 aliphatic heterocycles. The van der Waals surface area contributed by atoms with Crippen molar-refractivity contribution in [2.45, 2.75) is 50.4 Å². The van der Waals surface area contributed by atoms with Gasteiger partial charge in [0.2, 0.25) is 0 Å². The van der Waals surface area contributed by atoms with Gasteiger partial charge in [0.25, 0.3) is 5.09 Å². The molecule has 5 atom stereocenters. The van der Waals surface area contributed by atoms with Crippen molar-refractivity contribution in [3.05, 3.63) is 10.1 Å². The van der Waals surface area contributed by atoms with Gasteiger partial charge in [-0.05, 0) is 13.8 Å². The summed E-state index contributed by atoms with van der Waals surface area (Å²) in [5.41, 5.74) is 0. The number of rotatable bonds is 8. The Morgan fingerprint density at radius 1 is 1.15 bits per heavy atom. The third-order valence-electron chi connectivity index (χ3n) is 5.29. The van der Waals surface area contributed by atoms with Crippen LogP contribution in [-0.2, 0) is 19.0 Å². The van der Waals surface area contributed by atoms with Gasteiger partial charge in [-0.15, -0.1) is 10.1 Å². The van der Waals surface area contributed by atoms with Crippen LogP contribution < -0.4 is 0 Å². The molecule has 0 aliphatic carbocycles. The van der Waals surface area contributed by atoms with Crippen molar-refractivity contribution in [3.63, 3.8) is 0 Å². The van der Waals surface area contributed by atoms with Gasteiger partial charge < -0.3 is 24.2 Å². The molecule has 0 aromatic rings. The van der Waals surface area contributed by atoms with Gasteiger partial charge in [-0.25, -0.2) is 0 Å². The molecule has 150 valence electrons. The number of hydrogen-bond donors (Lipinski definition) is 1. The number of fused-ring (bicyclic) bond motifs is 1. The molecule has 0 spiro atoms. The Kier molecular flexibility index (Phi) is 6.65. The van der Waals surface area contributed by atoms with E-state index in [1.165, 1.54) is 0 Å². The molecule has 1 unspecified atom stereocenters. The van der Waals surface area contributed by atoms with E-state index in [2.05, 4.69) is 28.5 Å². The highest BCUT2D eigenvalue weighted by Gasteiger charge is 2.50. The number of aliphatic hydroxyl groups excluding tert-OH is 1. The summed E-state index contributed by atoms with van der Waals surface area (Å²) in [4.78, 5) is 19.7. The number of ether oxygens (including phenoxy) is 3. The van der Waals surface area contributed by atoms with Gasteiger partial charge in [-0.2, -0.15) is 0 Å². The Morgan fingerprint density at radius 3 is 2.38 bits per heavy atom. The van der Waals surface area contributed by atoms with Crippen LogP contribution in [0.5, 0.6) is 0 Å². The second-order valence-corrected chi connectivity index (χ2v) is 7.42. The van der Waals surface area contributed by atoms with Crippen LogP contribution in [0.15, 0.2) is 0 Å². The molecule has 10 nitrogen and oxygen atoms in total. The Bertz CT molecular complexity index is 473. The van der Waals surface area contributed by atoms with Crippen molar-refractivity contribution in [2.24, 2.45) is 0 Å². The molecule has 3 saturated heterocycles. The highest BCUT2D eigenvalue weighted by Crippen LogP contribution is 2.30. The molecule has 3 fully saturated rings. The zero-order valence-corrected chi connectivity index (χ0v) is 15.4. The third-order valence-corrected chi connectivity index (χ3v) is 5.29. The first-order valence-electron chi connectivity index (χ1n) is 9.24. The smallest absolute Gasteiger partial charge is 0.294 e. The van der Waals surface area contributed by atoms with E-state index in [1.807, 2.05) is 0 Å². The fraction of sp³-hybridized carbons (Fsp3) is 1.00. The summed E-state index contributed by atoms with van der Waals surface area (Å²) in [6.45, 7) is 9.45. The van der Waals surface area contributed by atoms with Crippen LogP contribution in [0.2, 0.25) is 0 Å². The first kappa shape index (κ1) is 19.7. The lowest BCUT2D eigenvalue weighted by molar-refractivity contribution is -0.769. The van der Waals surface area contributed by atoms with Crippen LogP contribution in [0.1, 0.15) is 13.8 Å². The molecule has 0 aromatic heterocycles. The molecule has 0 saturated carbocycles. The van der Waals surface area contributed by atoms with Crippen molar-refractivity contribution < 1.29 is 29.2 Å². The average molecular weight is 375 g/mol. The monoisotopic (exact) mass is 375 g/mol. The third kappa shape index (κ3) is 4.81. The molecule has 0 radical (unpaired) electrons. The van der Waals surface area contributed by atoms with E-state index in [0.29, 0.717) is 12.6 Å². The maximum absolute atomic E-state index is 10.5. The topological polar surface area (TPSA) is 107 Å². The highest BCUT2D eigenvalue weighted by molar-refractivity contribution is 4.95. The van der Waals surface area contributed by atoms with Crippen LogP contribution in [0, 0.1) is 10.1 Å². The molecule has 3 rings (SSSR count). The minimum atomic E-state index is -0.823. The molecule has 3 heterocycles. The lowest BCUT2D eigenvalue weighted by Gasteiger charge is -2.37. The first-order valence-corrected chi connectivity index (χ1v) is 9.24. The van der Waals surface area contributed by atoms with Crippen LogP contribution in [-0.4, -0.2) is 109 Å². The van der Waals surface area contributed by atoms with Crippen molar-refractivity contribution >= 4 is 0 Å². The van der Waals surface area contributed by atoms with E-state index < -0.39 is 23.4 Å². The maximum atomic E-state index is 10.5. The second-order valence-electron chi connectivity index (χ2n) is 7.42. The molecule has 3 aliphatic rings. The molecule has 1 N–H and O–H groups in total. The van der Waals surface area contributed by atoms with Crippen molar-refractivity contribution in [1.29, 1.82) is 0 Å². The fourth-order valence-corrected chi connectivity index (χ4v) is 3.82. The summed E-state index contributed by atoms with van der Waals surface area (Å²) >= 11 is 0. The maximum Gasteiger partial charge on any atom is 0.294 e. The molecule has 10 heteroatoms. The predicted molar refractivity (Wildman–Crippen MR) is 90.2 cm³/mol. The van der Waals surface area contributed by atoms with Crippen LogP contribution in [0.4, 0.5) is 0 Å². The summed E-state index contributed by atoms with van der Waals surface area (Å²) < 4.78 is 16.9. The highest BCUT2D eigenvalue weighted by atomic mass is 17.0. The minimum Gasteiger partial charge on any atom is -0.389 e. The molecule has 0 bridgehead atoms. The Hall–Kier alpha value is -1.04. The summed E-state index contributed by atoms with van der Waals surface area (Å²) in [6, 6.07) is 0.551. The second kappa shape index (κ2) is 8.77. The summed E-state index contributed by atoms with van der Waals surface area (Å²) in [5.74, 6) is 0. The first-order chi connectivity index (χ1) is 12.4. The SMILES string of the molecule is CC(C)N1CCN(CC(O)CO[C@H]2CO[C@H]3[C@@H]2OC[C@H]3O[N+](=O)[O-])CC1. The number of hydrogen-bond acceptors (Lipinski definition) is 9. The van der Waals surface area contributed by atoms with E-state index in [-0.39, 0.29) is 32.0 Å². The van der Waals surface area contributed by atoms with Gasteiger partial charge >= 0.3 is 0 Å². The molecular weight excluding hydrogens is 346 g/mol. The lowest BCUT2D eigenvalue weighted by atomic mass is 10.1. The minimum absolute atomic E-state index is 0.110. The molecular formula is C16H29N3O7. The number of nitrogens with zero attached hydrogens (tertiary/aromatic N) is 3. The quantitative estimate of drug-likeness (QED) is 0.428. The van der Waals surface area contributed by atoms with Gasteiger partial charge in [0.15, 0.2) is 6.10 Å². The van der Waals surface area contributed by atoms with E-state index in [4.69, 9.17) is 14.2 Å². The zero-order valence-electron chi connectivity index (χ0n) is 15.4. The van der Waals surface area contributed by atoms with E-state index >= 15 is 0 Å². The van der Waals surface area contributed by atoms with Gasteiger partial charge in [0, 0.05) is 38.8 Å². The van der Waals surface area contributed by atoms with Gasteiger partial charge in [0.1, 0.15) is 18.3 Å².